The van der Waals surface area contributed by atoms with Crippen LogP contribution in [0.2, 0.25) is 0 Å². The van der Waals surface area contributed by atoms with Gasteiger partial charge in [0.2, 0.25) is 5.91 Å². The van der Waals surface area contributed by atoms with E-state index in [0.717, 1.165) is 25.9 Å². The maximum Gasteiger partial charge on any atom is 0.360 e. The second-order valence-corrected chi connectivity index (χ2v) is 4.86. The Bertz CT molecular complexity index is 463. The highest BCUT2D eigenvalue weighted by molar-refractivity contribution is 5.86. The van der Waals surface area contributed by atoms with Crippen molar-refractivity contribution in [2.45, 2.75) is 26.3 Å². The summed E-state index contributed by atoms with van der Waals surface area (Å²) in [5.74, 6) is 0.139. The molecule has 1 amide bonds. The second-order valence-electron chi connectivity index (χ2n) is 4.86. The van der Waals surface area contributed by atoms with Gasteiger partial charge >= 0.3 is 5.97 Å². The predicted molar refractivity (Wildman–Crippen MR) is 66.3 cm³/mol. The third-order valence-electron chi connectivity index (χ3n) is 3.37. The maximum absolute atomic E-state index is 12.0. The van der Waals surface area contributed by atoms with Crippen molar-refractivity contribution in [2.75, 3.05) is 20.2 Å². The Balaban J connectivity index is 1.92. The first-order valence-electron chi connectivity index (χ1n) is 6.36. The molecule has 0 spiro atoms. The van der Waals surface area contributed by atoms with Crippen LogP contribution in [0.1, 0.15) is 30.3 Å². The zero-order chi connectivity index (χ0) is 13.8. The van der Waals surface area contributed by atoms with Gasteiger partial charge in [-0.2, -0.15) is 0 Å². The lowest BCUT2D eigenvalue weighted by Crippen LogP contribution is -2.39. The number of carbonyl (C=O) groups excluding carboxylic acids is 2. The predicted octanol–water partition coefficient (Wildman–Crippen LogP) is 0.323. The minimum atomic E-state index is -0.550. The van der Waals surface area contributed by atoms with E-state index in [0.29, 0.717) is 5.92 Å². The summed E-state index contributed by atoms with van der Waals surface area (Å²) in [7, 11) is 1.28. The average Bonchev–Trinajstić information content (AvgIpc) is 2.87. The average molecular weight is 266 g/mol. The van der Waals surface area contributed by atoms with Gasteiger partial charge in [-0.15, -0.1) is 5.10 Å². The molecule has 7 heteroatoms. The summed E-state index contributed by atoms with van der Waals surface area (Å²) in [6.45, 7) is 3.89. The van der Waals surface area contributed by atoms with E-state index in [2.05, 4.69) is 22.0 Å². The monoisotopic (exact) mass is 266 g/mol. The number of carbonyl (C=O) groups is 2. The molecule has 0 atom stereocenters. The Kier molecular flexibility index (Phi) is 4.13. The van der Waals surface area contributed by atoms with E-state index in [1.165, 1.54) is 18.0 Å². The van der Waals surface area contributed by atoms with E-state index in [4.69, 9.17) is 0 Å². The molecular weight excluding hydrogens is 248 g/mol. The maximum atomic E-state index is 12.0. The van der Waals surface area contributed by atoms with Crippen LogP contribution in [0.4, 0.5) is 0 Å². The van der Waals surface area contributed by atoms with Gasteiger partial charge in [-0.1, -0.05) is 12.1 Å². The van der Waals surface area contributed by atoms with Crippen LogP contribution >= 0.6 is 0 Å². The highest BCUT2D eigenvalue weighted by Gasteiger charge is 2.21. The molecule has 1 aliphatic rings. The van der Waals surface area contributed by atoms with Crippen molar-refractivity contribution < 1.29 is 14.3 Å². The molecule has 0 unspecified atom stereocenters. The Morgan fingerprint density at radius 1 is 1.42 bits per heavy atom. The molecule has 0 N–H and O–H groups in total. The molecule has 0 bridgehead atoms. The molecule has 104 valence electrons. The van der Waals surface area contributed by atoms with E-state index >= 15 is 0 Å². The van der Waals surface area contributed by atoms with Gasteiger partial charge in [-0.25, -0.2) is 9.48 Å². The smallest absolute Gasteiger partial charge is 0.360 e. The quantitative estimate of drug-likeness (QED) is 0.736. The van der Waals surface area contributed by atoms with Gasteiger partial charge in [-0.05, 0) is 18.8 Å². The summed E-state index contributed by atoms with van der Waals surface area (Å²) in [4.78, 5) is 25.1. The molecule has 19 heavy (non-hydrogen) atoms. The molecule has 0 radical (unpaired) electrons. The van der Waals surface area contributed by atoms with Crippen molar-refractivity contribution in [3.8, 4) is 0 Å². The SMILES string of the molecule is COC(=O)c1cn(CC(=O)N2CCC(C)CC2)nn1. The zero-order valence-corrected chi connectivity index (χ0v) is 11.2. The van der Waals surface area contributed by atoms with E-state index in [-0.39, 0.29) is 18.1 Å². The Labute approximate surface area is 111 Å². The number of amides is 1. The van der Waals surface area contributed by atoms with Crippen molar-refractivity contribution >= 4 is 11.9 Å². The molecule has 1 aromatic heterocycles. The third-order valence-corrected chi connectivity index (χ3v) is 3.37. The molecular formula is C12H18N4O3. The largest absolute Gasteiger partial charge is 0.464 e. The van der Waals surface area contributed by atoms with Crippen LogP contribution in [0.15, 0.2) is 6.20 Å². The van der Waals surface area contributed by atoms with Gasteiger partial charge in [0.05, 0.1) is 13.3 Å². The standard InChI is InChI=1S/C12H18N4O3/c1-9-3-5-15(6-4-9)11(17)8-16-7-10(13-14-16)12(18)19-2/h7,9H,3-6,8H2,1-2H3. The number of ether oxygens (including phenoxy) is 1. The van der Waals surface area contributed by atoms with Gasteiger partial charge in [0.1, 0.15) is 6.54 Å². The van der Waals surface area contributed by atoms with Crippen molar-refractivity contribution in [2.24, 2.45) is 5.92 Å². The summed E-state index contributed by atoms with van der Waals surface area (Å²) in [5.41, 5.74) is 0.113. The molecule has 1 saturated heterocycles. The lowest BCUT2D eigenvalue weighted by molar-refractivity contribution is -0.133. The van der Waals surface area contributed by atoms with Crippen LogP contribution in [0.25, 0.3) is 0 Å². The molecule has 0 aliphatic carbocycles. The topological polar surface area (TPSA) is 77.3 Å². The first kappa shape index (κ1) is 13.5. The molecule has 7 nitrogen and oxygen atoms in total. The number of rotatable bonds is 3. The Hall–Kier alpha value is -1.92. The summed E-state index contributed by atoms with van der Waals surface area (Å²) in [6.07, 6.45) is 3.50. The number of nitrogens with zero attached hydrogens (tertiary/aromatic N) is 4. The lowest BCUT2D eigenvalue weighted by atomic mass is 9.99. The Morgan fingerprint density at radius 3 is 2.74 bits per heavy atom. The van der Waals surface area contributed by atoms with Crippen molar-refractivity contribution in [1.29, 1.82) is 0 Å². The van der Waals surface area contributed by atoms with E-state index < -0.39 is 5.97 Å². The number of methoxy groups -OCH3 is 1. The lowest BCUT2D eigenvalue weighted by Gasteiger charge is -2.30. The highest BCUT2D eigenvalue weighted by Crippen LogP contribution is 2.16. The van der Waals surface area contributed by atoms with E-state index in [1.807, 2.05) is 4.90 Å². The van der Waals surface area contributed by atoms with Gasteiger partial charge in [0.25, 0.3) is 0 Å². The van der Waals surface area contributed by atoms with Crippen LogP contribution in [-0.4, -0.2) is 52.0 Å². The van der Waals surface area contributed by atoms with Gasteiger partial charge < -0.3 is 9.64 Å². The number of hydrogen-bond acceptors (Lipinski definition) is 5. The second kappa shape index (κ2) is 5.81. The van der Waals surface area contributed by atoms with Crippen molar-refractivity contribution in [3.05, 3.63) is 11.9 Å². The zero-order valence-electron chi connectivity index (χ0n) is 11.2. The van der Waals surface area contributed by atoms with Crippen LogP contribution in [0.3, 0.4) is 0 Å². The summed E-state index contributed by atoms with van der Waals surface area (Å²) in [5, 5.41) is 7.42. The van der Waals surface area contributed by atoms with Crippen molar-refractivity contribution in [1.82, 2.24) is 19.9 Å². The molecule has 2 rings (SSSR count). The first-order chi connectivity index (χ1) is 9.10. The van der Waals surface area contributed by atoms with Gasteiger partial charge in [0, 0.05) is 13.1 Å². The molecule has 0 saturated carbocycles. The number of likely N-dealkylation sites (tertiary alicyclic amines) is 1. The van der Waals surface area contributed by atoms with Gasteiger partial charge in [-0.3, -0.25) is 4.79 Å². The molecule has 2 heterocycles. The summed E-state index contributed by atoms with van der Waals surface area (Å²) >= 11 is 0. The molecule has 0 aromatic carbocycles. The highest BCUT2D eigenvalue weighted by atomic mass is 16.5. The minimum Gasteiger partial charge on any atom is -0.464 e. The molecule has 1 fully saturated rings. The number of hydrogen-bond donors (Lipinski definition) is 0. The molecule has 1 aliphatic heterocycles. The Morgan fingerprint density at radius 2 is 2.11 bits per heavy atom. The third kappa shape index (κ3) is 3.30. The van der Waals surface area contributed by atoms with Gasteiger partial charge in [0.15, 0.2) is 5.69 Å². The van der Waals surface area contributed by atoms with Crippen LogP contribution in [0, 0.1) is 5.92 Å². The number of esters is 1. The fourth-order valence-electron chi connectivity index (χ4n) is 2.07. The van der Waals surface area contributed by atoms with Crippen LogP contribution in [-0.2, 0) is 16.1 Å². The number of aromatic nitrogens is 3. The number of piperidine rings is 1. The van der Waals surface area contributed by atoms with Crippen LogP contribution in [0.5, 0.6) is 0 Å². The summed E-state index contributed by atoms with van der Waals surface area (Å²) in [6, 6.07) is 0. The fourth-order valence-corrected chi connectivity index (χ4v) is 2.07. The van der Waals surface area contributed by atoms with Crippen molar-refractivity contribution in [3.63, 3.8) is 0 Å². The van der Waals surface area contributed by atoms with E-state index in [9.17, 15) is 9.59 Å². The summed E-state index contributed by atoms with van der Waals surface area (Å²) < 4.78 is 5.90. The normalized spacial score (nSPS) is 16.4. The van der Waals surface area contributed by atoms with E-state index in [1.54, 1.807) is 0 Å². The fraction of sp³-hybridized carbons (Fsp3) is 0.667. The molecule has 1 aromatic rings. The first-order valence-corrected chi connectivity index (χ1v) is 6.36. The minimum absolute atomic E-state index is 0.00761. The van der Waals surface area contributed by atoms with Crippen LogP contribution < -0.4 is 0 Å².